The molecule has 1 amide bonds. The molecule has 1 N–H and O–H groups in total. The predicted molar refractivity (Wildman–Crippen MR) is 119 cm³/mol. The fraction of sp³-hybridized carbons (Fsp3) is 0.381. The van der Waals surface area contributed by atoms with E-state index in [1.54, 1.807) is 6.20 Å². The lowest BCUT2D eigenvalue weighted by Crippen LogP contribution is -2.29. The summed E-state index contributed by atoms with van der Waals surface area (Å²) < 4.78 is 13.3. The number of thioether (sulfide) groups is 1. The van der Waals surface area contributed by atoms with Crippen molar-refractivity contribution in [2.24, 2.45) is 0 Å². The van der Waals surface area contributed by atoms with E-state index in [1.165, 1.54) is 33.6 Å². The molecule has 0 saturated carbocycles. The van der Waals surface area contributed by atoms with Crippen LogP contribution >= 0.6 is 23.1 Å². The second kappa shape index (κ2) is 8.69. The molecule has 2 aromatic heterocycles. The van der Waals surface area contributed by atoms with Gasteiger partial charge in [-0.2, -0.15) is 0 Å². The van der Waals surface area contributed by atoms with E-state index < -0.39 is 0 Å². The van der Waals surface area contributed by atoms with Gasteiger partial charge in [0.05, 0.1) is 18.0 Å². The van der Waals surface area contributed by atoms with E-state index in [2.05, 4.69) is 30.2 Å². The van der Waals surface area contributed by atoms with E-state index in [9.17, 15) is 9.59 Å². The molecular weight excluding hydrogens is 422 g/mol. The van der Waals surface area contributed by atoms with Gasteiger partial charge in [0.2, 0.25) is 5.91 Å². The number of carbonyl (C=O) groups is 1. The Bertz CT molecular complexity index is 1120. The lowest BCUT2D eigenvalue weighted by molar-refractivity contribution is -0.118. The zero-order valence-electron chi connectivity index (χ0n) is 16.8. The topological polar surface area (TPSA) is 81.9 Å². The van der Waals surface area contributed by atoms with Crippen LogP contribution in [0, 0.1) is 0 Å². The predicted octanol–water partition coefficient (Wildman–Crippen LogP) is 2.90. The largest absolute Gasteiger partial charge is 0.488 e. The van der Waals surface area contributed by atoms with Crippen molar-refractivity contribution in [1.82, 2.24) is 14.7 Å². The van der Waals surface area contributed by atoms with E-state index >= 15 is 0 Å². The lowest BCUT2D eigenvalue weighted by atomic mass is 10.0. The third-order valence-corrected chi connectivity index (χ3v) is 6.30. The first-order valence-electron chi connectivity index (χ1n) is 9.65. The Hall–Kier alpha value is -2.52. The molecule has 4 rings (SSSR count). The zero-order valence-corrected chi connectivity index (χ0v) is 18.5. The highest BCUT2D eigenvalue weighted by atomic mass is 32.2. The van der Waals surface area contributed by atoms with Crippen molar-refractivity contribution < 1.29 is 14.3 Å². The van der Waals surface area contributed by atoms with Crippen LogP contribution in [0.15, 0.2) is 40.6 Å². The first-order chi connectivity index (χ1) is 14.4. The smallest absolute Gasteiger partial charge is 0.258 e. The van der Waals surface area contributed by atoms with Gasteiger partial charge >= 0.3 is 0 Å². The van der Waals surface area contributed by atoms with Crippen LogP contribution in [-0.4, -0.2) is 39.8 Å². The Kier molecular flexibility index (Phi) is 6.01. The molecule has 1 aliphatic rings. The fourth-order valence-corrected chi connectivity index (χ4v) is 4.80. The first-order valence-corrected chi connectivity index (χ1v) is 11.7. The molecule has 0 saturated heterocycles. The molecule has 0 aliphatic carbocycles. The normalized spacial score (nSPS) is 14.3. The minimum Gasteiger partial charge on any atom is -0.488 e. The van der Waals surface area contributed by atoms with Crippen molar-refractivity contribution in [3.8, 4) is 11.5 Å². The SMILES string of the molecule is CC1(C)Cc2cccc(OCCNC(=O)CSCc3cc(=O)n4ccsc4n3)c2O1. The molecular formula is C21H23N3O4S2. The minimum atomic E-state index is -0.221. The summed E-state index contributed by atoms with van der Waals surface area (Å²) in [7, 11) is 0. The van der Waals surface area contributed by atoms with Gasteiger partial charge in [0.25, 0.3) is 5.56 Å². The zero-order chi connectivity index (χ0) is 21.1. The molecule has 0 bridgehead atoms. The maximum Gasteiger partial charge on any atom is 0.258 e. The number of nitrogens with zero attached hydrogens (tertiary/aromatic N) is 2. The van der Waals surface area contributed by atoms with Gasteiger partial charge in [-0.05, 0) is 19.9 Å². The molecule has 30 heavy (non-hydrogen) atoms. The molecule has 3 heterocycles. The van der Waals surface area contributed by atoms with Crippen molar-refractivity contribution in [3.05, 3.63) is 57.5 Å². The summed E-state index contributed by atoms with van der Waals surface area (Å²) in [4.78, 5) is 29.1. The van der Waals surface area contributed by atoms with Gasteiger partial charge in [-0.1, -0.05) is 12.1 Å². The number of nitrogens with one attached hydrogen (secondary N) is 1. The monoisotopic (exact) mass is 445 g/mol. The summed E-state index contributed by atoms with van der Waals surface area (Å²) in [6.45, 7) is 4.88. The van der Waals surface area contributed by atoms with Crippen molar-refractivity contribution in [1.29, 1.82) is 0 Å². The average molecular weight is 446 g/mol. The maximum atomic E-state index is 12.1. The van der Waals surface area contributed by atoms with E-state index in [0.717, 1.165) is 17.7 Å². The Balaban J connectivity index is 1.19. The van der Waals surface area contributed by atoms with Gasteiger partial charge in [-0.15, -0.1) is 23.1 Å². The standard InChI is InChI=1S/C21H23N3O4S2/c1-21(2)11-14-4-3-5-16(19(14)28-21)27-8-6-22-17(25)13-29-12-15-10-18(26)24-7-9-30-20(24)23-15/h3-5,7,9-10H,6,8,11-13H2,1-2H3,(H,22,25). The van der Waals surface area contributed by atoms with Gasteiger partial charge in [0.1, 0.15) is 12.2 Å². The number of benzene rings is 1. The Morgan fingerprint density at radius 3 is 3.17 bits per heavy atom. The molecule has 0 unspecified atom stereocenters. The number of hydrogen-bond donors (Lipinski definition) is 1. The lowest BCUT2D eigenvalue weighted by Gasteiger charge is -2.18. The second-order valence-corrected chi connectivity index (χ2v) is 9.47. The van der Waals surface area contributed by atoms with Gasteiger partial charge in [0.15, 0.2) is 16.5 Å². The number of aromatic nitrogens is 2. The van der Waals surface area contributed by atoms with E-state index in [4.69, 9.17) is 9.47 Å². The molecule has 7 nitrogen and oxygen atoms in total. The Morgan fingerprint density at radius 2 is 2.30 bits per heavy atom. The van der Waals surface area contributed by atoms with Gasteiger partial charge in [-0.3, -0.25) is 14.0 Å². The molecule has 9 heteroatoms. The van der Waals surface area contributed by atoms with Crippen LogP contribution in [-0.2, 0) is 17.0 Å². The van der Waals surface area contributed by atoms with Gasteiger partial charge < -0.3 is 14.8 Å². The molecule has 1 aliphatic heterocycles. The Morgan fingerprint density at radius 1 is 1.43 bits per heavy atom. The van der Waals surface area contributed by atoms with Crippen LogP contribution in [0.2, 0.25) is 0 Å². The number of carbonyl (C=O) groups excluding carboxylic acids is 1. The highest BCUT2D eigenvalue weighted by molar-refractivity contribution is 7.99. The summed E-state index contributed by atoms with van der Waals surface area (Å²) in [6, 6.07) is 7.41. The first kappa shape index (κ1) is 20.7. The molecule has 0 radical (unpaired) electrons. The van der Waals surface area contributed by atoms with Gasteiger partial charge in [-0.25, -0.2) is 4.98 Å². The van der Waals surface area contributed by atoms with Crippen LogP contribution in [0.3, 0.4) is 0 Å². The number of amides is 1. The molecule has 1 aromatic carbocycles. The van der Waals surface area contributed by atoms with Crippen molar-refractivity contribution in [2.45, 2.75) is 31.6 Å². The van der Waals surface area contributed by atoms with E-state index in [1.807, 2.05) is 17.5 Å². The van der Waals surface area contributed by atoms with Crippen molar-refractivity contribution >= 4 is 34.0 Å². The third kappa shape index (κ3) is 4.79. The quantitative estimate of drug-likeness (QED) is 0.537. The number of thiazole rings is 1. The van der Waals surface area contributed by atoms with Crippen molar-refractivity contribution in [3.63, 3.8) is 0 Å². The molecule has 0 fully saturated rings. The summed E-state index contributed by atoms with van der Waals surface area (Å²) in [5.74, 6) is 2.24. The average Bonchev–Trinajstić information content (AvgIpc) is 3.28. The minimum absolute atomic E-state index is 0.0757. The fourth-order valence-electron chi connectivity index (χ4n) is 3.31. The van der Waals surface area contributed by atoms with Crippen molar-refractivity contribution in [2.75, 3.05) is 18.9 Å². The number of ether oxygens (including phenoxy) is 2. The second-order valence-electron chi connectivity index (χ2n) is 7.62. The van der Waals surface area contributed by atoms with Crippen LogP contribution in [0.25, 0.3) is 4.96 Å². The third-order valence-electron chi connectivity index (χ3n) is 4.58. The maximum absolute atomic E-state index is 12.1. The number of rotatable bonds is 8. The molecule has 0 atom stereocenters. The molecule has 158 valence electrons. The van der Waals surface area contributed by atoms with Crippen LogP contribution in [0.1, 0.15) is 25.1 Å². The highest BCUT2D eigenvalue weighted by Crippen LogP contribution is 2.41. The van der Waals surface area contributed by atoms with Gasteiger partial charge in [0, 0.05) is 35.4 Å². The number of fused-ring (bicyclic) bond motifs is 2. The summed E-state index contributed by atoms with van der Waals surface area (Å²) in [6.07, 6.45) is 2.56. The van der Waals surface area contributed by atoms with E-state index in [0.29, 0.717) is 41.1 Å². The summed E-state index contributed by atoms with van der Waals surface area (Å²) >= 11 is 2.84. The summed E-state index contributed by atoms with van der Waals surface area (Å²) in [5.41, 5.74) is 1.51. The van der Waals surface area contributed by atoms with Crippen LogP contribution in [0.4, 0.5) is 0 Å². The van der Waals surface area contributed by atoms with E-state index in [-0.39, 0.29) is 17.1 Å². The van der Waals surface area contributed by atoms with Crippen LogP contribution in [0.5, 0.6) is 11.5 Å². The van der Waals surface area contributed by atoms with Crippen LogP contribution < -0.4 is 20.3 Å². The Labute approximate surface area is 182 Å². The molecule has 0 spiro atoms. The number of para-hydroxylation sites is 1. The summed E-state index contributed by atoms with van der Waals surface area (Å²) in [5, 5.41) is 4.68. The molecule has 3 aromatic rings. The highest BCUT2D eigenvalue weighted by Gasteiger charge is 2.32. The number of hydrogen-bond acceptors (Lipinski definition) is 7.